The van der Waals surface area contributed by atoms with Crippen molar-refractivity contribution in [1.29, 1.82) is 0 Å². The number of nitrogens with one attached hydrogen (secondary N) is 1. The zero-order valence-corrected chi connectivity index (χ0v) is 10.2. The van der Waals surface area contributed by atoms with E-state index < -0.39 is 6.04 Å². The lowest BCUT2D eigenvalue weighted by molar-refractivity contribution is -0.136. The monoisotopic (exact) mass is 283 g/mol. The van der Waals surface area contributed by atoms with E-state index in [0.29, 0.717) is 0 Å². The van der Waals surface area contributed by atoms with Gasteiger partial charge >= 0.3 is 0 Å². The highest BCUT2D eigenvalue weighted by molar-refractivity contribution is 9.10. The van der Waals surface area contributed by atoms with Crippen molar-refractivity contribution in [3.05, 3.63) is 22.9 Å². The van der Waals surface area contributed by atoms with Gasteiger partial charge in [0.1, 0.15) is 6.04 Å². The number of anilines is 1. The maximum atomic E-state index is 11.6. The van der Waals surface area contributed by atoms with Crippen LogP contribution in [-0.2, 0) is 9.59 Å². The Morgan fingerprint density at radius 3 is 2.81 bits per heavy atom. The van der Waals surface area contributed by atoms with Gasteiger partial charge in [-0.15, -0.1) is 0 Å². The van der Waals surface area contributed by atoms with Crippen molar-refractivity contribution in [3.63, 3.8) is 0 Å². The summed E-state index contributed by atoms with van der Waals surface area (Å²) in [5, 5.41) is 2.99. The normalized spacial score (nSPS) is 20.4. The molecule has 1 atom stereocenters. The fourth-order valence-electron chi connectivity index (χ4n) is 1.56. The first-order valence-electron chi connectivity index (χ1n) is 4.75. The summed E-state index contributed by atoms with van der Waals surface area (Å²) in [6.45, 7) is 0. The first-order chi connectivity index (χ1) is 7.58. The predicted molar refractivity (Wildman–Crippen MR) is 61.7 cm³/mol. The van der Waals surface area contributed by atoms with Crippen LogP contribution in [-0.4, -0.2) is 34.8 Å². The zero-order valence-electron chi connectivity index (χ0n) is 8.61. The summed E-state index contributed by atoms with van der Waals surface area (Å²) < 4.78 is 0.822. The highest BCUT2D eigenvalue weighted by atomic mass is 79.9. The summed E-state index contributed by atoms with van der Waals surface area (Å²) in [5.41, 5.74) is 0.718. The van der Waals surface area contributed by atoms with Crippen LogP contribution < -0.4 is 5.32 Å². The second-order valence-corrected chi connectivity index (χ2v) is 4.50. The second-order valence-electron chi connectivity index (χ2n) is 3.58. The van der Waals surface area contributed by atoms with Gasteiger partial charge in [0, 0.05) is 17.7 Å². The van der Waals surface area contributed by atoms with E-state index in [0.717, 1.165) is 15.1 Å². The summed E-state index contributed by atoms with van der Waals surface area (Å²) in [5.74, 6) is -0.365. The molecule has 2 amide bonds. The molecule has 1 N–H and O–H groups in total. The molecule has 1 saturated heterocycles. The SMILES string of the molecule is CN1C(=O)CC(Nc2cncc(Br)c2)C1=O. The standard InChI is InChI=1S/C10H10BrN3O2/c1-14-9(15)3-8(10(14)16)13-7-2-6(11)4-12-5-7/h2,4-5,8,13H,3H2,1H3. The van der Waals surface area contributed by atoms with Crippen LogP contribution in [0.2, 0.25) is 0 Å². The molecule has 1 aliphatic heterocycles. The molecule has 0 spiro atoms. The number of likely N-dealkylation sites (tertiary alicyclic amines) is 1. The van der Waals surface area contributed by atoms with E-state index in [4.69, 9.17) is 0 Å². The highest BCUT2D eigenvalue weighted by Gasteiger charge is 2.35. The second kappa shape index (κ2) is 4.21. The minimum Gasteiger partial charge on any atom is -0.372 e. The third-order valence-electron chi connectivity index (χ3n) is 2.43. The summed E-state index contributed by atoms with van der Waals surface area (Å²) in [6.07, 6.45) is 3.46. The number of halogens is 1. The number of carbonyl (C=O) groups is 2. The van der Waals surface area contributed by atoms with Crippen molar-refractivity contribution in [3.8, 4) is 0 Å². The van der Waals surface area contributed by atoms with Gasteiger partial charge in [0.2, 0.25) is 5.91 Å². The van der Waals surface area contributed by atoms with Crippen molar-refractivity contribution in [2.75, 3.05) is 12.4 Å². The largest absolute Gasteiger partial charge is 0.372 e. The maximum absolute atomic E-state index is 11.6. The Morgan fingerprint density at radius 1 is 1.50 bits per heavy atom. The summed E-state index contributed by atoms with van der Waals surface area (Å²) in [6, 6.07) is 1.33. The van der Waals surface area contributed by atoms with Crippen molar-refractivity contribution in [2.45, 2.75) is 12.5 Å². The average Bonchev–Trinajstić information content (AvgIpc) is 2.47. The van der Waals surface area contributed by atoms with Gasteiger partial charge in [-0.2, -0.15) is 0 Å². The van der Waals surface area contributed by atoms with Crippen molar-refractivity contribution in [2.24, 2.45) is 0 Å². The molecule has 84 valence electrons. The van der Waals surface area contributed by atoms with Crippen molar-refractivity contribution in [1.82, 2.24) is 9.88 Å². The Hall–Kier alpha value is -1.43. The molecule has 0 radical (unpaired) electrons. The molecule has 0 aliphatic carbocycles. The molecule has 1 aliphatic rings. The molecule has 1 unspecified atom stereocenters. The molecular weight excluding hydrogens is 274 g/mol. The number of amides is 2. The molecule has 6 heteroatoms. The van der Waals surface area contributed by atoms with Crippen LogP contribution >= 0.6 is 15.9 Å². The van der Waals surface area contributed by atoms with Gasteiger partial charge in [0.25, 0.3) is 5.91 Å². The number of hydrogen-bond acceptors (Lipinski definition) is 4. The molecule has 1 aromatic rings. The van der Waals surface area contributed by atoms with Crippen molar-refractivity contribution < 1.29 is 9.59 Å². The van der Waals surface area contributed by atoms with Crippen LogP contribution in [0.5, 0.6) is 0 Å². The Morgan fingerprint density at radius 2 is 2.25 bits per heavy atom. The smallest absolute Gasteiger partial charge is 0.251 e. The number of pyridine rings is 1. The lowest BCUT2D eigenvalue weighted by Crippen LogP contribution is -2.31. The molecule has 5 nitrogen and oxygen atoms in total. The van der Waals surface area contributed by atoms with Gasteiger partial charge < -0.3 is 5.32 Å². The van der Waals surface area contributed by atoms with E-state index in [1.165, 1.54) is 7.05 Å². The maximum Gasteiger partial charge on any atom is 0.251 e. The lowest BCUT2D eigenvalue weighted by atomic mass is 10.2. The van der Waals surface area contributed by atoms with Gasteiger partial charge in [-0.25, -0.2) is 0 Å². The van der Waals surface area contributed by atoms with Crippen LogP contribution in [0, 0.1) is 0 Å². The third kappa shape index (κ3) is 2.06. The van der Waals surface area contributed by atoms with E-state index in [1.54, 1.807) is 12.4 Å². The number of imide groups is 1. The Labute approximate surface area is 101 Å². The number of aromatic nitrogens is 1. The molecule has 0 bridgehead atoms. The molecule has 16 heavy (non-hydrogen) atoms. The van der Waals surface area contributed by atoms with E-state index in [1.807, 2.05) is 6.07 Å². The topological polar surface area (TPSA) is 62.3 Å². The number of likely N-dealkylation sites (N-methyl/N-ethyl adjacent to an activating group) is 1. The van der Waals surface area contributed by atoms with Crippen LogP contribution in [0.25, 0.3) is 0 Å². The van der Waals surface area contributed by atoms with Crippen molar-refractivity contribution >= 4 is 33.4 Å². The minimum absolute atomic E-state index is 0.162. The van der Waals surface area contributed by atoms with Crippen LogP contribution in [0.3, 0.4) is 0 Å². The van der Waals surface area contributed by atoms with Crippen LogP contribution in [0.1, 0.15) is 6.42 Å². The third-order valence-corrected chi connectivity index (χ3v) is 2.86. The first kappa shape index (κ1) is 11.1. The Balaban J connectivity index is 2.12. The first-order valence-corrected chi connectivity index (χ1v) is 5.54. The van der Waals surface area contributed by atoms with E-state index in [2.05, 4.69) is 26.2 Å². The molecule has 0 aromatic carbocycles. The minimum atomic E-state index is -0.478. The fraction of sp³-hybridized carbons (Fsp3) is 0.300. The summed E-state index contributed by atoms with van der Waals surface area (Å²) in [7, 11) is 1.49. The molecular formula is C10H10BrN3O2. The number of hydrogen-bond donors (Lipinski definition) is 1. The predicted octanol–water partition coefficient (Wildman–Crippen LogP) is 1.01. The van der Waals surface area contributed by atoms with Crippen LogP contribution in [0.4, 0.5) is 5.69 Å². The Kier molecular flexibility index (Phi) is 2.91. The van der Waals surface area contributed by atoms with E-state index >= 15 is 0 Å². The zero-order chi connectivity index (χ0) is 11.7. The Bertz CT molecular complexity index is 449. The number of rotatable bonds is 2. The lowest BCUT2D eigenvalue weighted by Gasteiger charge is -2.11. The average molecular weight is 284 g/mol. The highest BCUT2D eigenvalue weighted by Crippen LogP contribution is 2.19. The summed E-state index contributed by atoms with van der Waals surface area (Å²) in [4.78, 5) is 28.0. The molecule has 1 fully saturated rings. The summed E-state index contributed by atoms with van der Waals surface area (Å²) >= 11 is 3.29. The van der Waals surface area contributed by atoms with Crippen LogP contribution in [0.15, 0.2) is 22.9 Å². The van der Waals surface area contributed by atoms with E-state index in [-0.39, 0.29) is 18.2 Å². The fourth-order valence-corrected chi connectivity index (χ4v) is 1.93. The van der Waals surface area contributed by atoms with Gasteiger partial charge in [-0.1, -0.05) is 0 Å². The molecule has 2 rings (SSSR count). The van der Waals surface area contributed by atoms with Gasteiger partial charge in [-0.3, -0.25) is 19.5 Å². The van der Waals surface area contributed by atoms with Gasteiger partial charge in [0.15, 0.2) is 0 Å². The quantitative estimate of drug-likeness (QED) is 0.823. The molecule has 1 aromatic heterocycles. The van der Waals surface area contributed by atoms with Gasteiger partial charge in [-0.05, 0) is 22.0 Å². The van der Waals surface area contributed by atoms with Gasteiger partial charge in [0.05, 0.1) is 18.3 Å². The number of carbonyl (C=O) groups excluding carboxylic acids is 2. The molecule has 2 heterocycles. The number of nitrogens with zero attached hydrogens (tertiary/aromatic N) is 2. The molecule has 0 saturated carbocycles. The van der Waals surface area contributed by atoms with E-state index in [9.17, 15) is 9.59 Å².